The Morgan fingerprint density at radius 2 is 1.75 bits per heavy atom. The lowest BCUT2D eigenvalue weighted by Gasteiger charge is -2.29. The molecule has 288 valence electrons. The van der Waals surface area contributed by atoms with Gasteiger partial charge in [-0.15, -0.1) is 0 Å². The fraction of sp³-hybridized carbons (Fsp3) is 0.333. The first kappa shape index (κ1) is 39.8. The molecule has 0 spiro atoms. The zero-order chi connectivity index (χ0) is 40.2. The van der Waals surface area contributed by atoms with Gasteiger partial charge in [-0.25, -0.2) is 35.7 Å². The molecule has 4 aromatic rings. The minimum Gasteiger partial charge on any atom is -0.378 e. The predicted molar refractivity (Wildman–Crippen MR) is 182 cm³/mol. The smallest absolute Gasteiger partial charge is 0.290 e. The number of hydrogen-bond donors (Lipinski definition) is 3. The topological polar surface area (TPSA) is 116 Å². The number of nitrogens with one attached hydrogen (secondary N) is 2. The standard InChI is InChI=1S/C36H26ClF9N6O2S/c1-33(2,54)5-8-36(37)50-32-25(55-36)14-22(18-3-4-23(40)19(12-18)15-47)28(49-32)24(11-17-9-20(38)13-21(39)10-17)48-26(53)16-52-30-27(29(51-52)31(41)42)34(43,44)6-7-35(30,45)46/h3-4,9-10,12-14,24,31,54H,6-7,11,16H2,1-2H3,(H,48,53)(H,49,50). The van der Waals surface area contributed by atoms with Crippen molar-refractivity contribution in [2.24, 2.45) is 0 Å². The van der Waals surface area contributed by atoms with Gasteiger partial charge < -0.3 is 15.7 Å². The molecule has 1 amide bonds. The molecule has 0 radical (unpaired) electrons. The van der Waals surface area contributed by atoms with E-state index in [0.717, 1.165) is 36.0 Å². The first-order chi connectivity index (χ1) is 25.6. The van der Waals surface area contributed by atoms with E-state index in [9.17, 15) is 45.9 Å². The summed E-state index contributed by atoms with van der Waals surface area (Å²) in [5.74, 6) is -7.02. The molecule has 1 aliphatic carbocycles. The van der Waals surface area contributed by atoms with E-state index in [4.69, 9.17) is 11.6 Å². The summed E-state index contributed by atoms with van der Waals surface area (Å²) in [6.45, 7) is 1.53. The van der Waals surface area contributed by atoms with Crippen LogP contribution in [0, 0.1) is 40.6 Å². The molecule has 3 N–H and O–H groups in total. The van der Waals surface area contributed by atoms with E-state index in [1.165, 1.54) is 26.0 Å². The third-order valence-corrected chi connectivity index (χ3v) is 9.88. The first-order valence-corrected chi connectivity index (χ1v) is 17.3. The monoisotopic (exact) mass is 812 g/mol. The molecule has 3 heterocycles. The number of fused-ring (bicyclic) bond motifs is 2. The van der Waals surface area contributed by atoms with E-state index in [0.29, 0.717) is 11.0 Å². The normalized spacial score (nSPS) is 18.7. The average molecular weight is 813 g/mol. The summed E-state index contributed by atoms with van der Waals surface area (Å²) in [7, 11) is 0. The molecule has 19 heteroatoms. The highest BCUT2D eigenvalue weighted by molar-refractivity contribution is 8.02. The molecule has 0 saturated carbocycles. The fourth-order valence-corrected chi connectivity index (χ4v) is 7.47. The van der Waals surface area contributed by atoms with Crippen molar-refractivity contribution in [3.8, 4) is 29.0 Å². The number of carbonyl (C=O) groups is 1. The van der Waals surface area contributed by atoms with Crippen molar-refractivity contribution < 1.29 is 49.4 Å². The van der Waals surface area contributed by atoms with Gasteiger partial charge in [-0.2, -0.15) is 19.1 Å². The number of aromatic nitrogens is 3. The predicted octanol–water partition coefficient (Wildman–Crippen LogP) is 8.43. The quantitative estimate of drug-likeness (QED) is 0.0709. The Morgan fingerprint density at radius 1 is 1.07 bits per heavy atom. The molecular weight excluding hydrogens is 787 g/mol. The molecule has 2 aliphatic rings. The number of amides is 1. The van der Waals surface area contributed by atoms with Gasteiger partial charge in [-0.05, 0) is 67.6 Å². The third kappa shape index (κ3) is 8.36. The highest BCUT2D eigenvalue weighted by Gasteiger charge is 2.55. The molecule has 6 rings (SSSR count). The second kappa shape index (κ2) is 14.3. The zero-order valence-corrected chi connectivity index (χ0v) is 29.9. The number of nitrogens with zero attached hydrogens (tertiary/aromatic N) is 4. The summed E-state index contributed by atoms with van der Waals surface area (Å²) >= 11 is 7.65. The number of nitriles is 1. The Bertz CT molecular complexity index is 2290. The number of thioether (sulfide) groups is 1. The molecule has 55 heavy (non-hydrogen) atoms. The van der Waals surface area contributed by atoms with Crippen molar-refractivity contribution in [3.05, 3.63) is 93.7 Å². The van der Waals surface area contributed by atoms with Crippen LogP contribution in [0.4, 0.5) is 45.3 Å². The number of benzene rings is 2. The number of alkyl halides is 7. The van der Waals surface area contributed by atoms with E-state index < -0.39 is 106 Å². The maximum Gasteiger partial charge on any atom is 0.290 e. The van der Waals surface area contributed by atoms with Gasteiger partial charge in [0.15, 0.2) is 0 Å². The summed E-state index contributed by atoms with van der Waals surface area (Å²) in [6, 6.07) is 7.52. The van der Waals surface area contributed by atoms with Crippen LogP contribution in [0.3, 0.4) is 0 Å². The summed E-state index contributed by atoms with van der Waals surface area (Å²) in [4.78, 5) is 18.7. The van der Waals surface area contributed by atoms with Crippen LogP contribution < -0.4 is 10.6 Å². The van der Waals surface area contributed by atoms with Crippen LogP contribution in [0.15, 0.2) is 47.4 Å². The number of carbonyl (C=O) groups excluding carboxylic acids is 1. The second-order valence-corrected chi connectivity index (χ2v) is 15.3. The van der Waals surface area contributed by atoms with E-state index in [1.807, 2.05) is 0 Å². The van der Waals surface area contributed by atoms with Crippen LogP contribution in [0.1, 0.15) is 72.9 Å². The van der Waals surface area contributed by atoms with Crippen molar-refractivity contribution in [1.29, 1.82) is 5.26 Å². The van der Waals surface area contributed by atoms with Gasteiger partial charge >= 0.3 is 0 Å². The van der Waals surface area contributed by atoms with Crippen molar-refractivity contribution in [3.63, 3.8) is 0 Å². The molecule has 8 nitrogen and oxygen atoms in total. The Kier molecular flexibility index (Phi) is 10.3. The zero-order valence-electron chi connectivity index (χ0n) is 28.4. The minimum atomic E-state index is -4.11. The number of hydrogen-bond acceptors (Lipinski definition) is 7. The molecule has 0 bridgehead atoms. The number of rotatable bonds is 8. The van der Waals surface area contributed by atoms with Crippen LogP contribution in [-0.2, 0) is 29.6 Å². The minimum absolute atomic E-state index is 0.0423. The first-order valence-electron chi connectivity index (χ1n) is 16.2. The highest BCUT2D eigenvalue weighted by atomic mass is 35.5. The van der Waals surface area contributed by atoms with Gasteiger partial charge in [0.1, 0.15) is 52.9 Å². The number of halogens is 10. The fourth-order valence-electron chi connectivity index (χ4n) is 6.17. The summed E-state index contributed by atoms with van der Waals surface area (Å²) in [5, 5.41) is 28.4. The van der Waals surface area contributed by atoms with Gasteiger partial charge in [-0.1, -0.05) is 35.3 Å². The Labute approximate surface area is 316 Å². The van der Waals surface area contributed by atoms with Gasteiger partial charge in [0, 0.05) is 24.5 Å². The lowest BCUT2D eigenvalue weighted by molar-refractivity contribution is -0.123. The molecule has 1 aliphatic heterocycles. The van der Waals surface area contributed by atoms with Crippen LogP contribution >= 0.6 is 23.4 Å². The molecule has 2 aromatic heterocycles. The SMILES string of the molecule is CC(C)(O)C#CC1(Cl)Nc2nc(C(Cc3cc(F)cc(F)c3)NC(=O)Cn3nc(C(F)F)c4c3C(F)(F)CCC4(F)F)c(-c3ccc(F)c(C#N)c3)cc2S1. The van der Waals surface area contributed by atoms with Crippen LogP contribution in [-0.4, -0.2) is 35.7 Å². The van der Waals surface area contributed by atoms with Crippen LogP contribution in [0.5, 0.6) is 0 Å². The largest absolute Gasteiger partial charge is 0.378 e. The van der Waals surface area contributed by atoms with E-state index in [1.54, 1.807) is 6.07 Å². The van der Waals surface area contributed by atoms with Crippen molar-refractivity contribution in [2.45, 2.75) is 78.8 Å². The highest BCUT2D eigenvalue weighted by Crippen LogP contribution is 2.53. The van der Waals surface area contributed by atoms with Crippen molar-refractivity contribution in [1.82, 2.24) is 20.1 Å². The molecule has 2 aromatic carbocycles. The van der Waals surface area contributed by atoms with Crippen molar-refractivity contribution in [2.75, 3.05) is 5.32 Å². The van der Waals surface area contributed by atoms with Gasteiger partial charge in [0.05, 0.1) is 27.8 Å². The summed E-state index contributed by atoms with van der Waals surface area (Å²) in [6.07, 6.45) is -7.04. The second-order valence-electron chi connectivity index (χ2n) is 13.3. The molecule has 2 atom stereocenters. The van der Waals surface area contributed by atoms with E-state index in [-0.39, 0.29) is 32.9 Å². The Hall–Kier alpha value is -4.91. The molecule has 0 saturated heterocycles. The molecular formula is C36H26ClF9N6O2S. The van der Waals surface area contributed by atoms with Gasteiger partial charge in [0.25, 0.3) is 18.3 Å². The molecule has 0 fully saturated rings. The van der Waals surface area contributed by atoms with E-state index >= 15 is 8.78 Å². The number of aliphatic hydroxyl groups is 1. The van der Waals surface area contributed by atoms with Crippen molar-refractivity contribution >= 4 is 35.1 Å². The summed E-state index contributed by atoms with van der Waals surface area (Å²) < 4.78 is 129. The number of pyridine rings is 1. The van der Waals surface area contributed by atoms with Gasteiger partial charge in [-0.3, -0.25) is 9.48 Å². The van der Waals surface area contributed by atoms with Crippen LogP contribution in [0.25, 0.3) is 11.1 Å². The maximum absolute atomic E-state index is 15.1. The molecule has 2 unspecified atom stereocenters. The van der Waals surface area contributed by atoms with Gasteiger partial charge in [0.2, 0.25) is 10.2 Å². The summed E-state index contributed by atoms with van der Waals surface area (Å²) in [5.41, 5.74) is -6.66. The third-order valence-electron chi connectivity index (χ3n) is 8.45. The Morgan fingerprint density at radius 3 is 2.38 bits per heavy atom. The lowest BCUT2D eigenvalue weighted by atomic mass is 9.89. The lowest BCUT2D eigenvalue weighted by Crippen LogP contribution is -2.37. The number of anilines is 1. The Balaban J connectivity index is 1.49. The average Bonchev–Trinajstić information content (AvgIpc) is 3.63. The van der Waals surface area contributed by atoms with Crippen LogP contribution in [0.2, 0.25) is 0 Å². The maximum atomic E-state index is 15.1. The van der Waals surface area contributed by atoms with E-state index in [2.05, 4.69) is 32.6 Å².